The fraction of sp³-hybridized carbons (Fsp3) is 0.917. The van der Waals surface area contributed by atoms with Gasteiger partial charge in [-0.05, 0) is 45.5 Å². The van der Waals surface area contributed by atoms with Crippen LogP contribution in [-0.2, 0) is 4.79 Å². The standard InChI is InChI=1S/C12H22N2OS/c1-13-7-3-5-10(13)11-6-4-8-14(11)12(15)9-16-2/h10-11H,3-9H2,1-2H3/t10-,11+/m0/s1. The molecule has 2 saturated heterocycles. The van der Waals surface area contributed by atoms with Crippen molar-refractivity contribution in [2.75, 3.05) is 32.1 Å². The van der Waals surface area contributed by atoms with Gasteiger partial charge in [-0.3, -0.25) is 4.79 Å². The van der Waals surface area contributed by atoms with Crippen LogP contribution in [0.1, 0.15) is 25.7 Å². The van der Waals surface area contributed by atoms with Gasteiger partial charge < -0.3 is 9.80 Å². The summed E-state index contributed by atoms with van der Waals surface area (Å²) in [7, 11) is 2.20. The summed E-state index contributed by atoms with van der Waals surface area (Å²) in [6, 6.07) is 1.11. The van der Waals surface area contributed by atoms with Crippen LogP contribution in [0.25, 0.3) is 0 Å². The van der Waals surface area contributed by atoms with Crippen molar-refractivity contribution in [3.8, 4) is 0 Å². The lowest BCUT2D eigenvalue weighted by Crippen LogP contribution is -2.47. The molecule has 2 atom stereocenters. The summed E-state index contributed by atoms with van der Waals surface area (Å²) in [4.78, 5) is 16.6. The van der Waals surface area contributed by atoms with E-state index in [1.165, 1.54) is 32.2 Å². The minimum Gasteiger partial charge on any atom is -0.337 e. The molecule has 0 N–H and O–H groups in total. The van der Waals surface area contributed by atoms with Crippen LogP contribution >= 0.6 is 11.8 Å². The monoisotopic (exact) mass is 242 g/mol. The van der Waals surface area contributed by atoms with Gasteiger partial charge in [0.2, 0.25) is 5.91 Å². The van der Waals surface area contributed by atoms with Crippen LogP contribution < -0.4 is 0 Å². The first kappa shape index (κ1) is 12.2. The van der Waals surface area contributed by atoms with Crippen molar-refractivity contribution >= 4 is 17.7 Å². The van der Waals surface area contributed by atoms with Crippen molar-refractivity contribution in [1.29, 1.82) is 0 Å². The Morgan fingerprint density at radius 1 is 1.25 bits per heavy atom. The Balaban J connectivity index is 1.99. The Morgan fingerprint density at radius 3 is 2.56 bits per heavy atom. The van der Waals surface area contributed by atoms with Crippen molar-refractivity contribution in [3.05, 3.63) is 0 Å². The predicted molar refractivity (Wildman–Crippen MR) is 68.8 cm³/mol. The Morgan fingerprint density at radius 2 is 1.94 bits per heavy atom. The first-order valence-corrected chi connectivity index (χ1v) is 7.62. The lowest BCUT2D eigenvalue weighted by molar-refractivity contribution is -0.130. The number of hydrogen-bond acceptors (Lipinski definition) is 3. The second kappa shape index (κ2) is 5.41. The number of hydrogen-bond donors (Lipinski definition) is 0. The van der Waals surface area contributed by atoms with E-state index in [4.69, 9.17) is 0 Å². The number of rotatable bonds is 3. The minimum atomic E-state index is 0.343. The molecule has 0 aromatic carbocycles. The Labute approximate surface area is 103 Å². The van der Waals surface area contributed by atoms with E-state index >= 15 is 0 Å². The highest BCUT2D eigenvalue weighted by atomic mass is 32.2. The molecular formula is C12H22N2OS. The van der Waals surface area contributed by atoms with Gasteiger partial charge in [0, 0.05) is 18.6 Å². The smallest absolute Gasteiger partial charge is 0.232 e. The third kappa shape index (κ3) is 2.38. The third-order valence-electron chi connectivity index (χ3n) is 3.91. The van der Waals surface area contributed by atoms with E-state index in [9.17, 15) is 4.79 Å². The molecular weight excluding hydrogens is 220 g/mol. The van der Waals surface area contributed by atoms with Crippen LogP contribution in [0, 0.1) is 0 Å². The Hall–Kier alpha value is -0.220. The summed E-state index contributed by atoms with van der Waals surface area (Å²) >= 11 is 1.64. The van der Waals surface area contributed by atoms with E-state index in [0.717, 1.165) is 6.54 Å². The molecule has 1 amide bonds. The van der Waals surface area contributed by atoms with Crippen LogP contribution in [0.5, 0.6) is 0 Å². The number of likely N-dealkylation sites (N-methyl/N-ethyl adjacent to an activating group) is 1. The zero-order chi connectivity index (χ0) is 11.5. The lowest BCUT2D eigenvalue weighted by atomic mass is 10.0. The molecule has 0 unspecified atom stereocenters. The number of thioether (sulfide) groups is 1. The van der Waals surface area contributed by atoms with Crippen molar-refractivity contribution in [2.24, 2.45) is 0 Å². The zero-order valence-electron chi connectivity index (χ0n) is 10.3. The van der Waals surface area contributed by atoms with E-state index in [0.29, 0.717) is 23.7 Å². The average molecular weight is 242 g/mol. The quantitative estimate of drug-likeness (QED) is 0.748. The molecule has 92 valence electrons. The molecule has 2 fully saturated rings. The van der Waals surface area contributed by atoms with Gasteiger partial charge in [-0.15, -0.1) is 0 Å². The fourth-order valence-corrected chi connectivity index (χ4v) is 3.54. The van der Waals surface area contributed by atoms with Gasteiger partial charge in [0.1, 0.15) is 0 Å². The average Bonchev–Trinajstić information content (AvgIpc) is 2.85. The van der Waals surface area contributed by atoms with Gasteiger partial charge in [0.05, 0.1) is 5.75 Å². The second-order valence-electron chi connectivity index (χ2n) is 4.92. The Kier molecular flexibility index (Phi) is 4.14. The van der Waals surface area contributed by atoms with Gasteiger partial charge in [-0.25, -0.2) is 0 Å². The molecule has 4 heteroatoms. The lowest BCUT2D eigenvalue weighted by Gasteiger charge is -2.33. The molecule has 0 aliphatic carbocycles. The first-order valence-electron chi connectivity index (χ1n) is 6.22. The van der Waals surface area contributed by atoms with E-state index in [1.807, 2.05) is 6.26 Å². The maximum atomic E-state index is 12.0. The van der Waals surface area contributed by atoms with Gasteiger partial charge in [0.25, 0.3) is 0 Å². The SMILES string of the molecule is CSCC(=O)N1CCC[C@@H]1[C@@H]1CCCN1C. The predicted octanol–water partition coefficient (Wildman–Crippen LogP) is 1.43. The summed E-state index contributed by atoms with van der Waals surface area (Å²) in [6.45, 7) is 2.18. The molecule has 3 nitrogen and oxygen atoms in total. The molecule has 0 aromatic rings. The molecule has 2 heterocycles. The van der Waals surface area contributed by atoms with Crippen molar-refractivity contribution in [2.45, 2.75) is 37.8 Å². The molecule has 0 saturated carbocycles. The van der Waals surface area contributed by atoms with Crippen molar-refractivity contribution in [1.82, 2.24) is 9.80 Å². The molecule has 0 aromatic heterocycles. The Bertz CT molecular complexity index is 259. The number of carbonyl (C=O) groups excluding carboxylic acids is 1. The van der Waals surface area contributed by atoms with Gasteiger partial charge in [0.15, 0.2) is 0 Å². The molecule has 16 heavy (non-hydrogen) atoms. The molecule has 2 aliphatic rings. The highest BCUT2D eigenvalue weighted by Crippen LogP contribution is 2.29. The molecule has 0 radical (unpaired) electrons. The third-order valence-corrected chi connectivity index (χ3v) is 4.44. The van der Waals surface area contributed by atoms with Gasteiger partial charge in [-0.1, -0.05) is 0 Å². The summed E-state index contributed by atoms with van der Waals surface area (Å²) in [6.07, 6.45) is 6.96. The van der Waals surface area contributed by atoms with Crippen LogP contribution in [0.4, 0.5) is 0 Å². The van der Waals surface area contributed by atoms with E-state index in [1.54, 1.807) is 11.8 Å². The first-order chi connectivity index (χ1) is 7.74. The zero-order valence-corrected chi connectivity index (χ0v) is 11.1. The van der Waals surface area contributed by atoms with Crippen molar-refractivity contribution < 1.29 is 4.79 Å². The fourth-order valence-electron chi connectivity index (χ4n) is 3.13. The van der Waals surface area contributed by atoms with E-state index in [-0.39, 0.29) is 0 Å². The summed E-state index contributed by atoms with van der Waals surface area (Å²) in [5.41, 5.74) is 0. The van der Waals surface area contributed by atoms with E-state index < -0.39 is 0 Å². The number of carbonyl (C=O) groups is 1. The van der Waals surface area contributed by atoms with Crippen LogP contribution in [0.15, 0.2) is 0 Å². The highest BCUT2D eigenvalue weighted by molar-refractivity contribution is 7.99. The van der Waals surface area contributed by atoms with Crippen LogP contribution in [0.3, 0.4) is 0 Å². The summed E-state index contributed by atoms with van der Waals surface area (Å²) < 4.78 is 0. The normalized spacial score (nSPS) is 31.2. The minimum absolute atomic E-state index is 0.343. The second-order valence-corrected chi connectivity index (χ2v) is 5.79. The largest absolute Gasteiger partial charge is 0.337 e. The van der Waals surface area contributed by atoms with Crippen LogP contribution in [-0.4, -0.2) is 59.9 Å². The maximum absolute atomic E-state index is 12.0. The molecule has 0 bridgehead atoms. The van der Waals surface area contributed by atoms with Crippen molar-refractivity contribution in [3.63, 3.8) is 0 Å². The topological polar surface area (TPSA) is 23.6 Å². The van der Waals surface area contributed by atoms with Gasteiger partial charge >= 0.3 is 0 Å². The van der Waals surface area contributed by atoms with Crippen LogP contribution in [0.2, 0.25) is 0 Å². The maximum Gasteiger partial charge on any atom is 0.232 e. The number of nitrogens with zero attached hydrogens (tertiary/aromatic N) is 2. The van der Waals surface area contributed by atoms with Gasteiger partial charge in [-0.2, -0.15) is 11.8 Å². The number of likely N-dealkylation sites (tertiary alicyclic amines) is 2. The molecule has 2 rings (SSSR count). The summed E-state index contributed by atoms with van der Waals surface area (Å²) in [5.74, 6) is 0.989. The molecule has 0 spiro atoms. The number of amides is 1. The molecule has 2 aliphatic heterocycles. The van der Waals surface area contributed by atoms with E-state index in [2.05, 4.69) is 16.8 Å². The highest BCUT2D eigenvalue weighted by Gasteiger charge is 2.37. The summed E-state index contributed by atoms with van der Waals surface area (Å²) in [5, 5.41) is 0.